The highest BCUT2D eigenvalue weighted by Crippen LogP contribution is 2.39. The summed E-state index contributed by atoms with van der Waals surface area (Å²) in [4.78, 5) is 16.2. The molecule has 4 nitrogen and oxygen atoms in total. The van der Waals surface area contributed by atoms with E-state index in [0.29, 0.717) is 17.0 Å². The summed E-state index contributed by atoms with van der Waals surface area (Å²) in [5.74, 6) is 0.510. The molecule has 142 valence electrons. The summed E-state index contributed by atoms with van der Waals surface area (Å²) in [5, 5.41) is 0. The number of benzene rings is 3. The molecule has 3 aliphatic rings. The third-order valence-electron chi connectivity index (χ3n) is 5.75. The fourth-order valence-electron chi connectivity index (χ4n) is 4.21. The van der Waals surface area contributed by atoms with Gasteiger partial charge in [0.15, 0.2) is 22.5 Å². The molecule has 2 aliphatic heterocycles. The van der Waals surface area contributed by atoms with E-state index in [-0.39, 0.29) is 10.8 Å². The first-order valence-corrected chi connectivity index (χ1v) is 9.67. The molecule has 0 saturated carbocycles. The van der Waals surface area contributed by atoms with E-state index in [1.165, 1.54) is 29.1 Å². The Labute approximate surface area is 168 Å². The lowest BCUT2D eigenvalue weighted by Gasteiger charge is -2.15. The van der Waals surface area contributed by atoms with Gasteiger partial charge in [-0.3, -0.25) is 4.79 Å². The molecule has 0 fully saturated rings. The minimum atomic E-state index is -0.0803. The smallest absolute Gasteiger partial charge is 0.209 e. The van der Waals surface area contributed by atoms with Gasteiger partial charge in [-0.1, -0.05) is 24.3 Å². The van der Waals surface area contributed by atoms with Crippen LogP contribution in [0.1, 0.15) is 25.0 Å². The Kier molecular flexibility index (Phi) is 3.78. The van der Waals surface area contributed by atoms with Crippen LogP contribution in [0.4, 0.5) is 5.69 Å². The average molecular weight is 381 g/mol. The number of allylic oxidation sites excluding steroid dienone is 1. The molecular weight excluding hydrogens is 360 g/mol. The summed E-state index contributed by atoms with van der Waals surface area (Å²) < 4.78 is 8.11. The number of hydrogen-bond donors (Lipinski definition) is 0. The molecule has 2 heterocycles. The molecule has 0 aromatic heterocycles. The van der Waals surface area contributed by atoms with Crippen molar-refractivity contribution >= 4 is 28.6 Å². The average Bonchev–Trinajstić information content (AvgIpc) is 2.91. The molecule has 0 bridgehead atoms. The van der Waals surface area contributed by atoms with Crippen molar-refractivity contribution in [3.05, 3.63) is 88.1 Å². The summed E-state index contributed by atoms with van der Waals surface area (Å²) in [6.07, 6.45) is 4.30. The topological polar surface area (TPSA) is 46.1 Å². The molecule has 0 spiro atoms. The summed E-state index contributed by atoms with van der Waals surface area (Å²) in [7, 11) is 2.12. The first kappa shape index (κ1) is 17.6. The van der Waals surface area contributed by atoms with Crippen LogP contribution in [-0.4, -0.2) is 22.3 Å². The van der Waals surface area contributed by atoms with Gasteiger partial charge in [-0.15, -0.1) is 0 Å². The molecule has 2 aromatic rings. The van der Waals surface area contributed by atoms with Gasteiger partial charge in [0.25, 0.3) is 0 Å². The maximum Gasteiger partial charge on any atom is 0.209 e. The van der Waals surface area contributed by atoms with Crippen LogP contribution in [0.3, 0.4) is 0 Å². The molecule has 0 saturated heterocycles. The highest BCUT2D eigenvalue weighted by atomic mass is 16.3. The van der Waals surface area contributed by atoms with E-state index >= 15 is 0 Å². The Morgan fingerprint density at radius 3 is 2.66 bits per heavy atom. The summed E-state index contributed by atoms with van der Waals surface area (Å²) >= 11 is 0. The Balaban J connectivity index is 1.55. The van der Waals surface area contributed by atoms with E-state index in [0.717, 1.165) is 11.1 Å². The second kappa shape index (κ2) is 6.24. The Hall–Kier alpha value is -3.53. The first-order chi connectivity index (χ1) is 13.9. The largest absolute Gasteiger partial charge is 0.453 e. The van der Waals surface area contributed by atoms with E-state index in [1.54, 1.807) is 6.07 Å². The monoisotopic (exact) mass is 381 g/mol. The fraction of sp³-hybridized carbons (Fsp3) is 0.160. The second-order valence-electron chi connectivity index (χ2n) is 7.99. The van der Waals surface area contributed by atoms with Gasteiger partial charge in [0.1, 0.15) is 18.3 Å². The van der Waals surface area contributed by atoms with Crippen LogP contribution >= 0.6 is 0 Å². The van der Waals surface area contributed by atoms with Gasteiger partial charge in [0, 0.05) is 23.8 Å². The Morgan fingerprint density at radius 1 is 1.00 bits per heavy atom. The molecule has 29 heavy (non-hydrogen) atoms. The van der Waals surface area contributed by atoms with Crippen molar-refractivity contribution in [3.8, 4) is 11.5 Å². The van der Waals surface area contributed by atoms with E-state index in [2.05, 4.69) is 66.9 Å². The number of fused-ring (bicyclic) bond motifs is 3. The number of aromatic nitrogens is 1. The number of hydrogen-bond acceptors (Lipinski definition) is 3. The van der Waals surface area contributed by atoms with E-state index in [9.17, 15) is 4.79 Å². The zero-order chi connectivity index (χ0) is 20.2. The molecule has 0 unspecified atom stereocenters. The van der Waals surface area contributed by atoms with Crippen molar-refractivity contribution in [1.29, 1.82) is 0 Å². The predicted molar refractivity (Wildman–Crippen MR) is 116 cm³/mol. The van der Waals surface area contributed by atoms with Gasteiger partial charge in [-0.2, -0.15) is 4.58 Å². The minimum absolute atomic E-state index is 0.0570. The number of rotatable bonds is 2. The van der Waals surface area contributed by atoms with E-state index < -0.39 is 0 Å². The van der Waals surface area contributed by atoms with Crippen LogP contribution in [0.2, 0.25) is 0 Å². The van der Waals surface area contributed by atoms with Crippen molar-refractivity contribution in [2.45, 2.75) is 19.3 Å². The molecule has 5 rings (SSSR count). The number of nitrogens with zero attached hydrogens (tertiary/aromatic N) is 2. The number of para-hydroxylation sites is 1. The van der Waals surface area contributed by atoms with Gasteiger partial charge in [-0.05, 0) is 49.8 Å². The zero-order valence-electron chi connectivity index (χ0n) is 16.6. The molecule has 0 N–H and O–H groups in total. The molecule has 2 aromatic carbocycles. The van der Waals surface area contributed by atoms with Crippen LogP contribution < -0.4 is 5.43 Å². The lowest BCUT2D eigenvalue weighted by atomic mass is 9.81. The standard InChI is InChI=1S/C25H21N2O2/c1-25(2)18-6-4-5-7-21(18)27(3)24(25)13-9-16-8-12-22-20(14-16)26-19-11-10-17(28)15-23(19)29-22/h4-15H,1-3H3/q+1/b13-9+. The van der Waals surface area contributed by atoms with Gasteiger partial charge >= 0.3 is 0 Å². The van der Waals surface area contributed by atoms with Crippen LogP contribution in [0.5, 0.6) is 0 Å². The third kappa shape index (κ3) is 2.80. The van der Waals surface area contributed by atoms with Crippen molar-refractivity contribution in [3.63, 3.8) is 0 Å². The molecule has 0 radical (unpaired) electrons. The Bertz CT molecular complexity index is 1360. The maximum absolute atomic E-state index is 11.5. The van der Waals surface area contributed by atoms with E-state index in [1.807, 2.05) is 18.2 Å². The minimum Gasteiger partial charge on any atom is -0.453 e. The van der Waals surface area contributed by atoms with E-state index in [4.69, 9.17) is 4.42 Å². The quantitative estimate of drug-likeness (QED) is 0.362. The van der Waals surface area contributed by atoms with Gasteiger partial charge < -0.3 is 4.42 Å². The van der Waals surface area contributed by atoms with Crippen LogP contribution in [0.25, 0.3) is 28.6 Å². The lowest BCUT2D eigenvalue weighted by Crippen LogP contribution is -2.26. The van der Waals surface area contributed by atoms with Gasteiger partial charge in [0.05, 0.1) is 5.41 Å². The van der Waals surface area contributed by atoms with Crippen molar-refractivity contribution in [2.24, 2.45) is 0 Å². The predicted octanol–water partition coefficient (Wildman–Crippen LogP) is 5.01. The molecule has 0 atom stereocenters. The Morgan fingerprint density at radius 2 is 1.83 bits per heavy atom. The molecular formula is C25H21N2O2+. The SMILES string of the molecule is C[N+]1=C(/C=C/c2ccc3oc4cc(=O)ccc-4nc3c2)C(C)(C)c2ccccc21. The van der Waals surface area contributed by atoms with Crippen LogP contribution in [0, 0.1) is 0 Å². The van der Waals surface area contributed by atoms with Crippen molar-refractivity contribution in [1.82, 2.24) is 4.98 Å². The van der Waals surface area contributed by atoms with Crippen LogP contribution in [0.15, 0.2) is 76.0 Å². The summed E-state index contributed by atoms with van der Waals surface area (Å²) in [6, 6.07) is 19.1. The van der Waals surface area contributed by atoms with Gasteiger partial charge in [-0.25, -0.2) is 4.98 Å². The second-order valence-corrected chi connectivity index (χ2v) is 7.99. The molecule has 0 amide bonds. The lowest BCUT2D eigenvalue weighted by molar-refractivity contribution is -0.401. The first-order valence-electron chi connectivity index (χ1n) is 9.67. The fourth-order valence-corrected chi connectivity index (χ4v) is 4.21. The zero-order valence-corrected chi connectivity index (χ0v) is 16.6. The maximum atomic E-state index is 11.5. The highest BCUT2D eigenvalue weighted by Gasteiger charge is 2.42. The third-order valence-corrected chi connectivity index (χ3v) is 5.75. The van der Waals surface area contributed by atoms with Crippen LogP contribution in [-0.2, 0) is 5.41 Å². The molecule has 1 aliphatic carbocycles. The summed E-state index contributed by atoms with van der Waals surface area (Å²) in [6.45, 7) is 4.51. The van der Waals surface area contributed by atoms with Gasteiger partial charge in [0.2, 0.25) is 5.69 Å². The summed E-state index contributed by atoms with van der Waals surface area (Å²) in [5.41, 5.74) is 6.86. The normalized spacial score (nSPS) is 15.6. The van der Waals surface area contributed by atoms with Crippen molar-refractivity contribution < 1.29 is 8.99 Å². The highest BCUT2D eigenvalue weighted by molar-refractivity contribution is 6.05. The molecule has 4 heteroatoms. The van der Waals surface area contributed by atoms with Crippen molar-refractivity contribution in [2.75, 3.05) is 7.05 Å².